The van der Waals surface area contributed by atoms with Crippen LogP contribution in [0, 0.1) is 0 Å². The molecule has 0 aliphatic rings. The normalized spacial score (nSPS) is 13.0. The predicted octanol–water partition coefficient (Wildman–Crippen LogP) is 3.33. The molecule has 2 nitrogen and oxygen atoms in total. The maximum absolute atomic E-state index is 6.02. The summed E-state index contributed by atoms with van der Waals surface area (Å²) in [7, 11) is 2.01. The quantitative estimate of drug-likeness (QED) is 0.803. The average molecular weight is 255 g/mol. The second-order valence-electron chi connectivity index (χ2n) is 4.21. The van der Waals surface area contributed by atoms with Gasteiger partial charge in [-0.2, -0.15) is 0 Å². The van der Waals surface area contributed by atoms with Crippen LogP contribution in [0.3, 0.4) is 0 Å². The number of nitrogens with one attached hydrogen (secondary N) is 1. The average Bonchev–Trinajstić information content (AvgIpc) is 2.35. The molecule has 1 aromatic carbocycles. The third-order valence-electron chi connectivity index (χ3n) is 3.23. The van der Waals surface area contributed by atoms with Gasteiger partial charge in [0, 0.05) is 11.1 Å². The van der Waals surface area contributed by atoms with Crippen LogP contribution in [0.25, 0.3) is 0 Å². The van der Waals surface area contributed by atoms with E-state index in [1.54, 1.807) is 0 Å². The molecule has 1 aromatic rings. The predicted molar refractivity (Wildman–Crippen MR) is 75.7 cm³/mol. The molecule has 1 unspecified atom stereocenters. The SMILES string of the molecule is CCN(CC)CCC(NC)c1cccc(Cl)c1. The lowest BCUT2D eigenvalue weighted by molar-refractivity contribution is 0.284. The van der Waals surface area contributed by atoms with Gasteiger partial charge in [0.1, 0.15) is 0 Å². The highest BCUT2D eigenvalue weighted by molar-refractivity contribution is 6.30. The topological polar surface area (TPSA) is 15.3 Å². The Hall–Kier alpha value is -0.570. The van der Waals surface area contributed by atoms with E-state index in [-0.39, 0.29) is 0 Å². The summed E-state index contributed by atoms with van der Waals surface area (Å²) in [4.78, 5) is 2.44. The molecule has 1 atom stereocenters. The number of halogens is 1. The van der Waals surface area contributed by atoms with Gasteiger partial charge >= 0.3 is 0 Å². The molecule has 1 N–H and O–H groups in total. The van der Waals surface area contributed by atoms with E-state index in [2.05, 4.69) is 30.1 Å². The Morgan fingerprint density at radius 3 is 2.53 bits per heavy atom. The summed E-state index contributed by atoms with van der Waals surface area (Å²) in [6, 6.07) is 8.50. The number of nitrogens with zero attached hydrogens (tertiary/aromatic N) is 1. The van der Waals surface area contributed by atoms with Gasteiger partial charge < -0.3 is 10.2 Å². The van der Waals surface area contributed by atoms with Gasteiger partial charge in [0.15, 0.2) is 0 Å². The second kappa shape index (κ2) is 7.70. The molecule has 0 bridgehead atoms. The van der Waals surface area contributed by atoms with Crippen molar-refractivity contribution in [1.29, 1.82) is 0 Å². The Kier molecular flexibility index (Phi) is 6.56. The zero-order chi connectivity index (χ0) is 12.7. The number of hydrogen-bond acceptors (Lipinski definition) is 2. The second-order valence-corrected chi connectivity index (χ2v) is 4.65. The van der Waals surface area contributed by atoms with Gasteiger partial charge in [-0.15, -0.1) is 0 Å². The van der Waals surface area contributed by atoms with Crippen LogP contribution in [0.2, 0.25) is 5.02 Å². The molecule has 0 spiro atoms. The number of rotatable bonds is 7. The van der Waals surface area contributed by atoms with E-state index in [1.165, 1.54) is 5.56 Å². The molecule has 0 aliphatic heterocycles. The van der Waals surface area contributed by atoms with Crippen molar-refractivity contribution in [1.82, 2.24) is 10.2 Å². The minimum atomic E-state index is 0.384. The highest BCUT2D eigenvalue weighted by atomic mass is 35.5. The minimum Gasteiger partial charge on any atom is -0.313 e. The summed E-state index contributed by atoms with van der Waals surface area (Å²) in [5.74, 6) is 0. The summed E-state index contributed by atoms with van der Waals surface area (Å²) in [5.41, 5.74) is 1.27. The van der Waals surface area contributed by atoms with Crippen molar-refractivity contribution in [3.8, 4) is 0 Å². The Morgan fingerprint density at radius 2 is 2.00 bits per heavy atom. The van der Waals surface area contributed by atoms with Gasteiger partial charge in [0.2, 0.25) is 0 Å². The summed E-state index contributed by atoms with van der Waals surface area (Å²) >= 11 is 6.02. The third-order valence-corrected chi connectivity index (χ3v) is 3.46. The first-order valence-corrected chi connectivity index (χ1v) is 6.74. The molecule has 1 rings (SSSR count). The van der Waals surface area contributed by atoms with Crippen LogP contribution >= 0.6 is 11.6 Å². The van der Waals surface area contributed by atoms with Gasteiger partial charge in [-0.3, -0.25) is 0 Å². The van der Waals surface area contributed by atoms with E-state index in [0.717, 1.165) is 31.1 Å². The van der Waals surface area contributed by atoms with E-state index in [0.29, 0.717) is 6.04 Å². The highest BCUT2D eigenvalue weighted by Gasteiger charge is 2.10. The highest BCUT2D eigenvalue weighted by Crippen LogP contribution is 2.20. The molecular weight excluding hydrogens is 232 g/mol. The maximum Gasteiger partial charge on any atom is 0.0409 e. The molecular formula is C14H23ClN2. The Morgan fingerprint density at radius 1 is 1.29 bits per heavy atom. The monoisotopic (exact) mass is 254 g/mol. The third kappa shape index (κ3) is 4.66. The molecule has 3 heteroatoms. The van der Waals surface area contributed by atoms with Crippen LogP contribution in [0.1, 0.15) is 31.9 Å². The summed E-state index contributed by atoms with van der Waals surface area (Å²) in [6.45, 7) is 7.75. The molecule has 17 heavy (non-hydrogen) atoms. The molecule has 0 aliphatic carbocycles. The van der Waals surface area contributed by atoms with Crippen molar-refractivity contribution in [3.05, 3.63) is 34.9 Å². The van der Waals surface area contributed by atoms with Gasteiger partial charge in [-0.1, -0.05) is 37.6 Å². The molecule has 0 saturated carbocycles. The first-order valence-electron chi connectivity index (χ1n) is 6.36. The smallest absolute Gasteiger partial charge is 0.0409 e. The Balaban J connectivity index is 2.59. The van der Waals surface area contributed by atoms with E-state index in [4.69, 9.17) is 11.6 Å². The lowest BCUT2D eigenvalue weighted by atomic mass is 10.0. The molecule has 0 saturated heterocycles. The fraction of sp³-hybridized carbons (Fsp3) is 0.571. The number of benzene rings is 1. The Labute approximate surface area is 110 Å². The van der Waals surface area contributed by atoms with Crippen LogP contribution in [-0.2, 0) is 0 Å². The van der Waals surface area contributed by atoms with E-state index in [9.17, 15) is 0 Å². The zero-order valence-corrected chi connectivity index (χ0v) is 11.8. The summed E-state index contributed by atoms with van der Waals surface area (Å²) < 4.78 is 0. The largest absolute Gasteiger partial charge is 0.313 e. The molecule has 0 heterocycles. The van der Waals surface area contributed by atoms with Crippen LogP contribution in [0.15, 0.2) is 24.3 Å². The molecule has 0 radical (unpaired) electrons. The van der Waals surface area contributed by atoms with Crippen molar-refractivity contribution in [2.45, 2.75) is 26.3 Å². The summed E-state index contributed by atoms with van der Waals surface area (Å²) in [6.07, 6.45) is 1.11. The van der Waals surface area contributed by atoms with Crippen molar-refractivity contribution in [3.63, 3.8) is 0 Å². The lowest BCUT2D eigenvalue weighted by Crippen LogP contribution is -2.28. The first-order chi connectivity index (χ1) is 8.21. The van der Waals surface area contributed by atoms with Crippen LogP contribution in [0.4, 0.5) is 0 Å². The molecule has 0 aromatic heterocycles. The van der Waals surface area contributed by atoms with Crippen LogP contribution in [-0.4, -0.2) is 31.6 Å². The van der Waals surface area contributed by atoms with Crippen molar-refractivity contribution in [2.24, 2.45) is 0 Å². The van der Waals surface area contributed by atoms with Gasteiger partial charge in [-0.25, -0.2) is 0 Å². The number of hydrogen-bond donors (Lipinski definition) is 1. The van der Waals surface area contributed by atoms with Crippen molar-refractivity contribution < 1.29 is 0 Å². The fourth-order valence-corrected chi connectivity index (χ4v) is 2.25. The standard InChI is InChI=1S/C14H23ClN2/c1-4-17(5-2)10-9-14(16-3)12-7-6-8-13(15)11-12/h6-8,11,14,16H,4-5,9-10H2,1-3H3. The van der Waals surface area contributed by atoms with E-state index < -0.39 is 0 Å². The molecule has 0 amide bonds. The fourth-order valence-electron chi connectivity index (χ4n) is 2.05. The maximum atomic E-state index is 6.02. The minimum absolute atomic E-state index is 0.384. The molecule has 0 fully saturated rings. The van der Waals surface area contributed by atoms with Gasteiger partial charge in [0.25, 0.3) is 0 Å². The van der Waals surface area contributed by atoms with E-state index >= 15 is 0 Å². The van der Waals surface area contributed by atoms with Crippen molar-refractivity contribution in [2.75, 3.05) is 26.7 Å². The van der Waals surface area contributed by atoms with Crippen LogP contribution in [0.5, 0.6) is 0 Å². The lowest BCUT2D eigenvalue weighted by Gasteiger charge is -2.22. The zero-order valence-electron chi connectivity index (χ0n) is 11.0. The van der Waals surface area contributed by atoms with Gasteiger partial charge in [0.05, 0.1) is 0 Å². The van der Waals surface area contributed by atoms with Gasteiger partial charge in [-0.05, 0) is 50.8 Å². The van der Waals surface area contributed by atoms with Crippen LogP contribution < -0.4 is 5.32 Å². The first kappa shape index (κ1) is 14.5. The van der Waals surface area contributed by atoms with Crippen molar-refractivity contribution >= 4 is 11.6 Å². The molecule has 96 valence electrons. The Bertz CT molecular complexity index is 324. The van der Waals surface area contributed by atoms with E-state index in [1.807, 2.05) is 25.2 Å². The summed E-state index contributed by atoms with van der Waals surface area (Å²) in [5, 5.41) is 4.17.